The average molecular weight is 518 g/mol. The van der Waals surface area contributed by atoms with Crippen molar-refractivity contribution in [2.75, 3.05) is 31.2 Å². The summed E-state index contributed by atoms with van der Waals surface area (Å²) in [6.07, 6.45) is 0.0709. The highest BCUT2D eigenvalue weighted by molar-refractivity contribution is 14.0. The maximum atomic E-state index is 12.6. The Morgan fingerprint density at radius 2 is 2.11 bits per heavy atom. The fourth-order valence-electron chi connectivity index (χ4n) is 2.80. The van der Waals surface area contributed by atoms with E-state index >= 15 is 0 Å². The molecule has 27 heavy (non-hydrogen) atoms. The zero-order valence-corrected chi connectivity index (χ0v) is 18.5. The van der Waals surface area contributed by atoms with E-state index in [0.717, 1.165) is 30.9 Å². The van der Waals surface area contributed by atoms with Crippen LogP contribution >= 0.6 is 35.7 Å². The van der Waals surface area contributed by atoms with Gasteiger partial charge in [0.1, 0.15) is 5.69 Å². The molecule has 0 aliphatic heterocycles. The summed E-state index contributed by atoms with van der Waals surface area (Å²) in [5.41, 5.74) is -0.957. The van der Waals surface area contributed by atoms with Crippen molar-refractivity contribution in [2.24, 2.45) is 4.99 Å². The highest BCUT2D eigenvalue weighted by Crippen LogP contribution is 2.29. The predicted molar refractivity (Wildman–Crippen MR) is 115 cm³/mol. The molecule has 3 N–H and O–H groups in total. The summed E-state index contributed by atoms with van der Waals surface area (Å²) in [5, 5.41) is 10.0. The van der Waals surface area contributed by atoms with Gasteiger partial charge in [-0.1, -0.05) is 6.92 Å². The van der Waals surface area contributed by atoms with Crippen LogP contribution in [-0.4, -0.2) is 53.1 Å². The zero-order valence-electron chi connectivity index (χ0n) is 15.3. The van der Waals surface area contributed by atoms with Crippen LogP contribution in [-0.2, 0) is 6.18 Å². The van der Waals surface area contributed by atoms with Gasteiger partial charge >= 0.3 is 6.18 Å². The second-order valence-electron chi connectivity index (χ2n) is 5.92. The molecule has 0 aromatic carbocycles. The third kappa shape index (κ3) is 8.28. The van der Waals surface area contributed by atoms with E-state index in [4.69, 9.17) is 0 Å². The number of guanidine groups is 1. The van der Waals surface area contributed by atoms with Crippen molar-refractivity contribution in [3.63, 3.8) is 0 Å². The summed E-state index contributed by atoms with van der Waals surface area (Å²) in [7, 11) is 1.70. The van der Waals surface area contributed by atoms with Crippen LogP contribution in [0, 0.1) is 0 Å². The van der Waals surface area contributed by atoms with Crippen LogP contribution < -0.4 is 16.0 Å². The number of hydrogen-bond donors (Lipinski definition) is 3. The lowest BCUT2D eigenvalue weighted by Gasteiger charge is -2.17. The molecule has 0 saturated heterocycles. The van der Waals surface area contributed by atoms with Crippen molar-refractivity contribution in [1.29, 1.82) is 0 Å². The molecule has 0 bridgehead atoms. The lowest BCUT2D eigenvalue weighted by molar-refractivity contribution is -0.141. The van der Waals surface area contributed by atoms with Crippen LogP contribution in [0.3, 0.4) is 0 Å². The number of nitrogens with zero attached hydrogens (tertiary/aromatic N) is 3. The second-order valence-corrected chi connectivity index (χ2v) is 7.50. The summed E-state index contributed by atoms with van der Waals surface area (Å²) in [4.78, 5) is 11.5. The van der Waals surface area contributed by atoms with Crippen molar-refractivity contribution in [3.8, 4) is 0 Å². The molecule has 1 aromatic heterocycles. The molecule has 154 valence electrons. The van der Waals surface area contributed by atoms with Crippen molar-refractivity contribution in [1.82, 2.24) is 20.6 Å². The molecule has 1 aromatic rings. The Labute approximate surface area is 179 Å². The molecule has 2 atom stereocenters. The van der Waals surface area contributed by atoms with Crippen LogP contribution in [0.15, 0.2) is 17.3 Å². The first-order chi connectivity index (χ1) is 12.4. The van der Waals surface area contributed by atoms with E-state index in [1.807, 2.05) is 11.8 Å². The molecule has 0 spiro atoms. The molecule has 2 unspecified atom stereocenters. The van der Waals surface area contributed by atoms with Gasteiger partial charge in [-0.3, -0.25) is 4.99 Å². The number of aromatic nitrogens is 2. The van der Waals surface area contributed by atoms with Crippen molar-refractivity contribution >= 4 is 47.6 Å². The van der Waals surface area contributed by atoms with Crippen LogP contribution in [0.4, 0.5) is 19.1 Å². The molecule has 1 aliphatic carbocycles. The van der Waals surface area contributed by atoms with Gasteiger partial charge in [-0.2, -0.15) is 24.9 Å². The lowest BCUT2D eigenvalue weighted by Crippen LogP contribution is -2.44. The van der Waals surface area contributed by atoms with Crippen LogP contribution in [0.5, 0.6) is 0 Å². The number of halogens is 4. The van der Waals surface area contributed by atoms with Crippen molar-refractivity contribution in [2.45, 2.75) is 43.7 Å². The van der Waals surface area contributed by atoms with Gasteiger partial charge in [0.05, 0.1) is 0 Å². The minimum Gasteiger partial charge on any atom is -0.355 e. The van der Waals surface area contributed by atoms with E-state index in [1.54, 1.807) is 7.05 Å². The maximum absolute atomic E-state index is 12.6. The molecule has 11 heteroatoms. The summed E-state index contributed by atoms with van der Waals surface area (Å²) in [6, 6.07) is 1.26. The standard InChI is InChI=1S/C16H25F3N6S.HI/c1-3-26-12-5-4-11(10-12)24-14(20-2)22-8-9-23-15-21-7-6-13(25-15)16(17,18)19;/h6-7,11-12H,3-5,8-10H2,1-2H3,(H2,20,22,24)(H,21,23,25);1H. The molecule has 1 fully saturated rings. The summed E-state index contributed by atoms with van der Waals surface area (Å²) >= 11 is 1.99. The lowest BCUT2D eigenvalue weighted by atomic mass is 10.2. The Kier molecular flexibility index (Phi) is 10.5. The molecule has 6 nitrogen and oxygen atoms in total. The first kappa shape index (κ1) is 24.1. The van der Waals surface area contributed by atoms with Gasteiger partial charge in [0.25, 0.3) is 0 Å². The Hall–Kier alpha value is -0.980. The third-order valence-corrected chi connectivity index (χ3v) is 5.23. The van der Waals surface area contributed by atoms with Gasteiger partial charge in [-0.25, -0.2) is 9.97 Å². The first-order valence-corrected chi connectivity index (χ1v) is 9.70. The maximum Gasteiger partial charge on any atom is 0.433 e. The summed E-state index contributed by atoms with van der Waals surface area (Å²) in [6.45, 7) is 3.03. The molecule has 2 rings (SSSR count). The normalized spacial score (nSPS) is 20.1. The number of aliphatic imine (C=N–C) groups is 1. The highest BCUT2D eigenvalue weighted by atomic mass is 127. The van der Waals surface area contributed by atoms with Gasteiger partial charge in [0, 0.05) is 37.6 Å². The second kappa shape index (κ2) is 11.8. The molecular formula is C16H26F3IN6S. The Morgan fingerprint density at radius 1 is 1.33 bits per heavy atom. The highest BCUT2D eigenvalue weighted by Gasteiger charge is 2.32. The number of nitrogens with one attached hydrogen (secondary N) is 3. The monoisotopic (exact) mass is 518 g/mol. The average Bonchev–Trinajstić information content (AvgIpc) is 3.04. The van der Waals surface area contributed by atoms with E-state index in [-0.39, 0.29) is 29.9 Å². The number of hydrogen-bond acceptors (Lipinski definition) is 5. The Balaban J connectivity index is 0.00000364. The largest absolute Gasteiger partial charge is 0.433 e. The van der Waals surface area contributed by atoms with E-state index < -0.39 is 11.9 Å². The number of alkyl halides is 3. The van der Waals surface area contributed by atoms with Gasteiger partial charge in [-0.15, -0.1) is 24.0 Å². The first-order valence-electron chi connectivity index (χ1n) is 8.65. The topological polar surface area (TPSA) is 74.2 Å². The molecule has 1 saturated carbocycles. The quantitative estimate of drug-likeness (QED) is 0.223. The third-order valence-electron chi connectivity index (χ3n) is 4.00. The van der Waals surface area contributed by atoms with Gasteiger partial charge in [-0.05, 0) is 31.1 Å². The molecular weight excluding hydrogens is 492 g/mol. The predicted octanol–water partition coefficient (Wildman–Crippen LogP) is 3.36. The summed E-state index contributed by atoms with van der Waals surface area (Å²) < 4.78 is 37.9. The molecule has 0 radical (unpaired) electrons. The molecule has 1 aliphatic rings. The SMILES string of the molecule is CCSC1CCC(NC(=NC)NCCNc2nccc(C(F)(F)F)n2)C1.I. The van der Waals surface area contributed by atoms with Crippen molar-refractivity contribution in [3.05, 3.63) is 18.0 Å². The van der Waals surface area contributed by atoms with Crippen molar-refractivity contribution < 1.29 is 13.2 Å². The Bertz CT molecular complexity index is 602. The number of thioether (sulfide) groups is 1. The fourth-order valence-corrected chi connectivity index (χ4v) is 3.95. The van der Waals surface area contributed by atoms with Crippen LogP contribution in [0.25, 0.3) is 0 Å². The van der Waals surface area contributed by atoms with Gasteiger partial charge in [0.15, 0.2) is 5.96 Å². The molecule has 1 heterocycles. The minimum absolute atomic E-state index is 0. The van der Waals surface area contributed by atoms with Crippen LogP contribution in [0.1, 0.15) is 31.9 Å². The van der Waals surface area contributed by atoms with E-state index in [1.165, 1.54) is 6.42 Å². The van der Waals surface area contributed by atoms with Gasteiger partial charge < -0.3 is 16.0 Å². The number of anilines is 1. The van der Waals surface area contributed by atoms with Gasteiger partial charge in [0.2, 0.25) is 5.95 Å². The zero-order chi connectivity index (χ0) is 19.0. The smallest absolute Gasteiger partial charge is 0.355 e. The fraction of sp³-hybridized carbons (Fsp3) is 0.688. The van der Waals surface area contributed by atoms with E-state index in [0.29, 0.717) is 30.3 Å². The van der Waals surface area contributed by atoms with E-state index in [2.05, 4.69) is 37.8 Å². The number of rotatable bonds is 7. The Morgan fingerprint density at radius 3 is 2.78 bits per heavy atom. The molecule has 0 amide bonds. The van der Waals surface area contributed by atoms with E-state index in [9.17, 15) is 13.2 Å². The minimum atomic E-state index is -4.47. The summed E-state index contributed by atoms with van der Waals surface area (Å²) in [5.74, 6) is 1.79. The van der Waals surface area contributed by atoms with Crippen LogP contribution in [0.2, 0.25) is 0 Å².